The van der Waals surface area contributed by atoms with Crippen molar-refractivity contribution in [2.24, 2.45) is 5.92 Å². The Balaban J connectivity index is 4.21. The lowest BCUT2D eigenvalue weighted by Crippen LogP contribution is -2.32. The molecule has 0 aliphatic carbocycles. The fourth-order valence-corrected chi connectivity index (χ4v) is 3.65. The topological polar surface area (TPSA) is 0 Å². The Hall–Kier alpha value is 2.10. The first-order chi connectivity index (χ1) is 5.54. The van der Waals surface area contributed by atoms with Crippen LogP contribution in [0, 0.1) is 5.92 Å². The van der Waals surface area contributed by atoms with Crippen LogP contribution < -0.4 is 0 Å². The van der Waals surface area contributed by atoms with Crippen molar-refractivity contribution in [1.29, 1.82) is 0 Å². The van der Waals surface area contributed by atoms with E-state index >= 15 is 0 Å². The van der Waals surface area contributed by atoms with E-state index in [9.17, 15) is 0 Å². The van der Waals surface area contributed by atoms with E-state index in [4.69, 9.17) is 0 Å². The van der Waals surface area contributed by atoms with Gasteiger partial charge in [-0.05, 0) is 0 Å². The summed E-state index contributed by atoms with van der Waals surface area (Å²) in [6.07, 6.45) is 0. The number of rotatable bonds is 5. The first-order valence-electron chi connectivity index (χ1n) is 3.48. The summed E-state index contributed by atoms with van der Waals surface area (Å²) in [6.45, 7) is 0. The zero-order valence-electron chi connectivity index (χ0n) is 6.41. The lowest BCUT2D eigenvalue weighted by atomic mass is 10.0. The van der Waals surface area contributed by atoms with Crippen LogP contribution in [0.2, 0.25) is 0 Å². The normalized spacial score (nSPS) is 19.2. The summed E-state index contributed by atoms with van der Waals surface area (Å²) >= 11 is 25.7. The van der Waals surface area contributed by atoms with Crippen molar-refractivity contribution < 1.29 is 0 Å². The van der Waals surface area contributed by atoms with Gasteiger partial charge in [-0.1, -0.05) is 0 Å². The molecule has 0 saturated heterocycles. The van der Waals surface area contributed by atoms with Crippen LogP contribution in [0.4, 0.5) is 0 Å². The molecular formula is C6H14S6. The third-order valence-electron chi connectivity index (χ3n) is 1.61. The fraction of sp³-hybridized carbons (Fsp3) is 1.00. The van der Waals surface area contributed by atoms with Gasteiger partial charge in [0.25, 0.3) is 0 Å². The summed E-state index contributed by atoms with van der Waals surface area (Å²) in [4.78, 5) is 0. The van der Waals surface area contributed by atoms with Crippen LogP contribution in [0.5, 0.6) is 0 Å². The Bertz CT molecular complexity index is 107. The average molecular weight is 279 g/mol. The quantitative estimate of drug-likeness (QED) is 0.323. The molecule has 0 aromatic carbocycles. The van der Waals surface area contributed by atoms with E-state index in [1.165, 1.54) is 0 Å². The van der Waals surface area contributed by atoms with Gasteiger partial charge in [-0.15, -0.1) is 0 Å². The van der Waals surface area contributed by atoms with Crippen LogP contribution in [0.15, 0.2) is 0 Å². The van der Waals surface area contributed by atoms with E-state index in [1.54, 1.807) is 0 Å². The minimum atomic E-state index is -0.0192. The van der Waals surface area contributed by atoms with Crippen molar-refractivity contribution in [1.82, 2.24) is 0 Å². The predicted molar refractivity (Wildman–Crippen MR) is 78.5 cm³/mol. The van der Waals surface area contributed by atoms with E-state index in [-0.39, 0.29) is 21.0 Å². The van der Waals surface area contributed by atoms with Gasteiger partial charge in [0.05, 0.1) is 0 Å². The molecule has 12 heavy (non-hydrogen) atoms. The molecule has 0 aromatic heterocycles. The highest BCUT2D eigenvalue weighted by atomic mass is 32.2. The van der Waals surface area contributed by atoms with Crippen molar-refractivity contribution in [2.45, 2.75) is 15.1 Å². The molecule has 0 nitrogen and oxygen atoms in total. The first kappa shape index (κ1) is 14.1. The lowest BCUT2D eigenvalue weighted by Gasteiger charge is -2.28. The average Bonchev–Trinajstić information content (AvgIpc) is 2.03. The molecule has 2 unspecified atom stereocenters. The van der Waals surface area contributed by atoms with Gasteiger partial charge in [-0.3, -0.25) is 0 Å². The second-order valence-corrected chi connectivity index (χ2v) is 6.07. The lowest BCUT2D eigenvalue weighted by molar-refractivity contribution is 0.580. The number of hydrogen-bond donors (Lipinski definition) is 6. The minimum absolute atomic E-state index is 0.0192. The van der Waals surface area contributed by atoms with Crippen LogP contribution in [0.3, 0.4) is 0 Å². The second kappa shape index (κ2) is 7.40. The summed E-state index contributed by atoms with van der Waals surface area (Å²) in [7, 11) is 0. The molecule has 0 aromatic rings. The smallest absolute Gasteiger partial charge is 0.0492 e. The standard InChI is InChI=1S/C6H14S6/c7-1-3(9)5(6(11)12)4(10)2-8/h3-12H,1-2H2. The maximum Gasteiger partial charge on any atom is 0.0492 e. The minimum Gasteiger partial charge on any atom is -0.178 e. The molecule has 74 valence electrons. The van der Waals surface area contributed by atoms with E-state index in [0.717, 1.165) is 0 Å². The van der Waals surface area contributed by atoms with Gasteiger partial charge in [-0.2, -0.15) is 75.8 Å². The van der Waals surface area contributed by atoms with Crippen molar-refractivity contribution in [2.75, 3.05) is 11.5 Å². The van der Waals surface area contributed by atoms with E-state index < -0.39 is 0 Å². The molecule has 6 heteroatoms. The van der Waals surface area contributed by atoms with Crippen molar-refractivity contribution in [3.05, 3.63) is 0 Å². The Morgan fingerprint density at radius 1 is 0.750 bits per heavy atom. The highest BCUT2D eigenvalue weighted by Crippen LogP contribution is 2.29. The molecule has 0 fully saturated rings. The summed E-state index contributed by atoms with van der Waals surface area (Å²) < 4.78 is -0.0192. The molecule has 0 heterocycles. The summed E-state index contributed by atoms with van der Waals surface area (Å²) in [5.74, 6) is 1.63. The molecule has 0 aliphatic rings. The molecule has 0 amide bonds. The van der Waals surface area contributed by atoms with Crippen LogP contribution in [0.25, 0.3) is 0 Å². The van der Waals surface area contributed by atoms with Crippen LogP contribution in [0.1, 0.15) is 0 Å². The van der Waals surface area contributed by atoms with Crippen molar-refractivity contribution >= 4 is 75.8 Å². The second-order valence-electron chi connectivity index (χ2n) is 2.49. The van der Waals surface area contributed by atoms with Gasteiger partial charge in [-0.25, -0.2) is 0 Å². The van der Waals surface area contributed by atoms with Gasteiger partial charge in [0, 0.05) is 32.5 Å². The third-order valence-corrected chi connectivity index (χ3v) is 4.71. The molecule has 2 atom stereocenters. The monoisotopic (exact) mass is 278 g/mol. The molecule has 0 radical (unpaired) electrons. The Morgan fingerprint density at radius 2 is 1.08 bits per heavy atom. The summed E-state index contributed by atoms with van der Waals surface area (Å²) in [5.41, 5.74) is 0. The van der Waals surface area contributed by atoms with Gasteiger partial charge >= 0.3 is 0 Å². The van der Waals surface area contributed by atoms with E-state index in [2.05, 4.69) is 75.8 Å². The van der Waals surface area contributed by atoms with Gasteiger partial charge in [0.2, 0.25) is 0 Å². The van der Waals surface area contributed by atoms with Crippen molar-refractivity contribution in [3.63, 3.8) is 0 Å². The van der Waals surface area contributed by atoms with Crippen LogP contribution in [-0.4, -0.2) is 26.6 Å². The van der Waals surface area contributed by atoms with Gasteiger partial charge in [0.15, 0.2) is 0 Å². The van der Waals surface area contributed by atoms with E-state index in [1.807, 2.05) is 0 Å². The Kier molecular flexibility index (Phi) is 8.69. The van der Waals surface area contributed by atoms with Crippen LogP contribution >= 0.6 is 75.8 Å². The molecule has 0 aliphatic heterocycles. The SMILES string of the molecule is SCC(S)C(C(S)S)C(S)CS. The van der Waals surface area contributed by atoms with Crippen LogP contribution in [-0.2, 0) is 0 Å². The number of hydrogen-bond acceptors (Lipinski definition) is 6. The maximum atomic E-state index is 4.40. The maximum absolute atomic E-state index is 4.40. The first-order valence-corrected chi connectivity index (χ1v) is 6.81. The fourth-order valence-electron chi connectivity index (χ4n) is 0.897. The molecule has 0 saturated carbocycles. The molecule has 0 N–H and O–H groups in total. The molecular weight excluding hydrogens is 264 g/mol. The van der Waals surface area contributed by atoms with Gasteiger partial charge in [0.1, 0.15) is 0 Å². The molecule has 0 spiro atoms. The number of thiol groups is 6. The Labute approximate surface area is 107 Å². The molecule has 0 rings (SSSR count). The largest absolute Gasteiger partial charge is 0.178 e. The third kappa shape index (κ3) is 4.55. The molecule has 0 bridgehead atoms. The van der Waals surface area contributed by atoms with Gasteiger partial charge < -0.3 is 0 Å². The predicted octanol–water partition coefficient (Wildman–Crippen LogP) is 2.24. The zero-order valence-corrected chi connectivity index (χ0v) is 11.8. The highest BCUT2D eigenvalue weighted by Gasteiger charge is 2.27. The zero-order chi connectivity index (χ0) is 9.72. The van der Waals surface area contributed by atoms with E-state index in [0.29, 0.717) is 11.5 Å². The Morgan fingerprint density at radius 3 is 1.25 bits per heavy atom. The highest BCUT2D eigenvalue weighted by molar-refractivity contribution is 7.99. The summed E-state index contributed by atoms with van der Waals surface area (Å²) in [6, 6.07) is 0. The summed E-state index contributed by atoms with van der Waals surface area (Å²) in [5, 5.41) is 0.339. The van der Waals surface area contributed by atoms with Crippen molar-refractivity contribution in [3.8, 4) is 0 Å².